The second-order valence-corrected chi connectivity index (χ2v) is 3.37. The summed E-state index contributed by atoms with van der Waals surface area (Å²) in [5.41, 5.74) is 13.4. The molecule has 1 aromatic carbocycles. The lowest BCUT2D eigenvalue weighted by Gasteiger charge is -2.26. The molecule has 2 rings (SSSR count). The Hall–Kier alpha value is -1.68. The van der Waals surface area contributed by atoms with Gasteiger partial charge in [-0.2, -0.15) is 0 Å². The van der Waals surface area contributed by atoms with E-state index >= 15 is 0 Å². The zero-order valence-corrected chi connectivity index (χ0v) is 8.14. The largest absolute Gasteiger partial charge is 0.398 e. The first-order chi connectivity index (χ1) is 6.70. The van der Waals surface area contributed by atoms with Gasteiger partial charge in [0.2, 0.25) is 0 Å². The lowest BCUT2D eigenvalue weighted by atomic mass is 10.3. The molecule has 1 aromatic rings. The Labute approximate surface area is 83.4 Å². The highest BCUT2D eigenvalue weighted by Crippen LogP contribution is 2.23. The first-order valence-corrected chi connectivity index (χ1v) is 4.50. The van der Waals surface area contributed by atoms with Gasteiger partial charge in [-0.3, -0.25) is 5.01 Å². The maximum absolute atomic E-state index is 5.88. The molecule has 0 bridgehead atoms. The van der Waals surface area contributed by atoms with Crippen LogP contribution in [0.1, 0.15) is 0 Å². The zero-order valence-electron chi connectivity index (χ0n) is 8.14. The molecule has 0 saturated heterocycles. The minimum absolute atomic E-state index is 0.624. The number of hydrogen-bond donors (Lipinski definition) is 2. The van der Waals surface area contributed by atoms with Gasteiger partial charge in [-0.1, -0.05) is 18.2 Å². The van der Waals surface area contributed by atoms with E-state index in [1.165, 1.54) is 0 Å². The molecule has 0 radical (unpaired) electrons. The van der Waals surface area contributed by atoms with E-state index in [-0.39, 0.29) is 0 Å². The van der Waals surface area contributed by atoms with Gasteiger partial charge >= 0.3 is 0 Å². The molecule has 0 atom stereocenters. The monoisotopic (exact) mass is 190 g/mol. The number of rotatable bonds is 1. The molecule has 4 N–H and O–H groups in total. The van der Waals surface area contributed by atoms with Crippen molar-refractivity contribution in [3.63, 3.8) is 0 Å². The number of nitrogens with two attached hydrogens (primary N) is 2. The fourth-order valence-electron chi connectivity index (χ4n) is 1.62. The average molecular weight is 190 g/mol. The van der Waals surface area contributed by atoms with Crippen molar-refractivity contribution in [1.82, 2.24) is 5.01 Å². The molecule has 1 heterocycles. The summed E-state index contributed by atoms with van der Waals surface area (Å²) in [7, 11) is 1.96. The summed E-state index contributed by atoms with van der Waals surface area (Å²) in [6.07, 6.45) is 0. The summed E-state index contributed by atoms with van der Waals surface area (Å²) in [6.45, 7) is 0.681. The van der Waals surface area contributed by atoms with Crippen LogP contribution < -0.4 is 16.5 Å². The summed E-state index contributed by atoms with van der Waals surface area (Å²) in [5.74, 6) is 0.624. The predicted molar refractivity (Wildman–Crippen MR) is 57.0 cm³/mol. The second kappa shape index (κ2) is 3.23. The van der Waals surface area contributed by atoms with Crippen molar-refractivity contribution in [2.75, 3.05) is 18.6 Å². The molecule has 0 unspecified atom stereocenters. The van der Waals surface area contributed by atoms with Gasteiger partial charge in [0.25, 0.3) is 0 Å². The molecular formula is C10H14N4. The van der Waals surface area contributed by atoms with Crippen LogP contribution in [0.4, 0.5) is 5.69 Å². The van der Waals surface area contributed by atoms with Crippen molar-refractivity contribution in [2.45, 2.75) is 0 Å². The smallest absolute Gasteiger partial charge is 0.139 e. The van der Waals surface area contributed by atoms with Gasteiger partial charge in [0.1, 0.15) is 5.82 Å². The zero-order chi connectivity index (χ0) is 10.1. The number of nitrogens with zero attached hydrogens (tertiary/aromatic N) is 2. The molecule has 0 aromatic heterocycles. The molecule has 4 nitrogen and oxygen atoms in total. The Bertz CT molecular complexity index is 358. The molecule has 0 amide bonds. The summed E-state index contributed by atoms with van der Waals surface area (Å²) >= 11 is 0. The molecule has 0 saturated carbocycles. The third kappa shape index (κ3) is 1.29. The highest BCUT2D eigenvalue weighted by molar-refractivity contribution is 5.52. The van der Waals surface area contributed by atoms with Crippen LogP contribution in [-0.4, -0.2) is 18.6 Å². The minimum Gasteiger partial charge on any atom is -0.398 e. The van der Waals surface area contributed by atoms with E-state index in [2.05, 4.69) is 0 Å². The standard InChI is InChI=1S/C10H14N4/c1-13-7-9(11)10(12)14(13)8-5-3-2-4-6-8/h2-6H,7,11-12H2,1H3. The van der Waals surface area contributed by atoms with E-state index in [0.29, 0.717) is 12.4 Å². The molecule has 1 aliphatic rings. The highest BCUT2D eigenvalue weighted by Gasteiger charge is 2.24. The Morgan fingerprint density at radius 1 is 1.14 bits per heavy atom. The van der Waals surface area contributed by atoms with Gasteiger partial charge in [0, 0.05) is 7.05 Å². The lowest BCUT2D eigenvalue weighted by Crippen LogP contribution is -2.36. The Kier molecular flexibility index (Phi) is 2.05. The highest BCUT2D eigenvalue weighted by atomic mass is 15.7. The first-order valence-electron chi connectivity index (χ1n) is 4.50. The number of likely N-dealkylation sites (N-methyl/N-ethyl adjacent to an activating group) is 1. The number of anilines is 1. The van der Waals surface area contributed by atoms with Crippen LogP contribution in [-0.2, 0) is 0 Å². The van der Waals surface area contributed by atoms with Gasteiger partial charge in [0.05, 0.1) is 17.9 Å². The van der Waals surface area contributed by atoms with E-state index < -0.39 is 0 Å². The van der Waals surface area contributed by atoms with Crippen LogP contribution in [0.5, 0.6) is 0 Å². The SMILES string of the molecule is CN1CC(N)=C(N)N1c1ccccc1. The molecule has 0 spiro atoms. The summed E-state index contributed by atoms with van der Waals surface area (Å²) in [5, 5.41) is 3.90. The van der Waals surface area contributed by atoms with Crippen molar-refractivity contribution in [2.24, 2.45) is 11.5 Å². The number of para-hydroxylation sites is 1. The first kappa shape index (κ1) is 8.90. The van der Waals surface area contributed by atoms with Gasteiger partial charge in [-0.15, -0.1) is 0 Å². The molecule has 14 heavy (non-hydrogen) atoms. The maximum Gasteiger partial charge on any atom is 0.139 e. The number of hydrazine groups is 1. The lowest BCUT2D eigenvalue weighted by molar-refractivity contribution is 0.384. The molecular weight excluding hydrogens is 176 g/mol. The van der Waals surface area contributed by atoms with Gasteiger partial charge in [0.15, 0.2) is 0 Å². The average Bonchev–Trinajstić information content (AvgIpc) is 2.43. The normalized spacial score (nSPS) is 17.9. The number of benzene rings is 1. The van der Waals surface area contributed by atoms with E-state index in [1.807, 2.05) is 47.4 Å². The van der Waals surface area contributed by atoms with Crippen molar-refractivity contribution in [3.05, 3.63) is 41.8 Å². The fraction of sp³-hybridized carbons (Fsp3) is 0.200. The Morgan fingerprint density at radius 2 is 1.79 bits per heavy atom. The number of hydrogen-bond acceptors (Lipinski definition) is 4. The molecule has 4 heteroatoms. The topological polar surface area (TPSA) is 58.5 Å². The maximum atomic E-state index is 5.88. The van der Waals surface area contributed by atoms with Crippen LogP contribution in [0, 0.1) is 0 Å². The van der Waals surface area contributed by atoms with Crippen molar-refractivity contribution in [1.29, 1.82) is 0 Å². The molecule has 0 aliphatic carbocycles. The van der Waals surface area contributed by atoms with E-state index in [1.54, 1.807) is 0 Å². The van der Waals surface area contributed by atoms with Crippen molar-refractivity contribution in [3.8, 4) is 0 Å². The van der Waals surface area contributed by atoms with E-state index in [9.17, 15) is 0 Å². The molecule has 1 aliphatic heterocycles. The summed E-state index contributed by atoms with van der Waals surface area (Å²) in [6, 6.07) is 9.93. The third-order valence-corrected chi connectivity index (χ3v) is 2.30. The Balaban J connectivity index is 2.36. The van der Waals surface area contributed by atoms with E-state index in [0.717, 1.165) is 11.4 Å². The van der Waals surface area contributed by atoms with Crippen LogP contribution >= 0.6 is 0 Å². The second-order valence-electron chi connectivity index (χ2n) is 3.37. The van der Waals surface area contributed by atoms with Crippen LogP contribution in [0.3, 0.4) is 0 Å². The molecule has 74 valence electrons. The van der Waals surface area contributed by atoms with Crippen LogP contribution in [0.25, 0.3) is 0 Å². The van der Waals surface area contributed by atoms with Gasteiger partial charge < -0.3 is 11.5 Å². The van der Waals surface area contributed by atoms with Crippen LogP contribution in [0.15, 0.2) is 41.8 Å². The predicted octanol–water partition coefficient (Wildman–Crippen LogP) is 0.440. The summed E-state index contributed by atoms with van der Waals surface area (Å²) < 4.78 is 0. The van der Waals surface area contributed by atoms with E-state index in [4.69, 9.17) is 11.5 Å². The minimum atomic E-state index is 0.624. The molecule has 0 fully saturated rings. The Morgan fingerprint density at radius 3 is 2.29 bits per heavy atom. The quantitative estimate of drug-likeness (QED) is 0.674. The van der Waals surface area contributed by atoms with Crippen molar-refractivity contribution < 1.29 is 0 Å². The van der Waals surface area contributed by atoms with Crippen molar-refractivity contribution >= 4 is 5.69 Å². The van der Waals surface area contributed by atoms with Gasteiger partial charge in [-0.05, 0) is 12.1 Å². The third-order valence-electron chi connectivity index (χ3n) is 2.30. The fourth-order valence-corrected chi connectivity index (χ4v) is 1.62. The van der Waals surface area contributed by atoms with Crippen LogP contribution in [0.2, 0.25) is 0 Å². The van der Waals surface area contributed by atoms with Gasteiger partial charge in [-0.25, -0.2) is 5.01 Å². The summed E-state index contributed by atoms with van der Waals surface area (Å²) in [4.78, 5) is 0.